The molecule has 1 aromatic carbocycles. The third-order valence-electron chi connectivity index (χ3n) is 4.88. The lowest BCUT2D eigenvalue weighted by molar-refractivity contribution is 0.189. The number of aromatic nitrogens is 2. The van der Waals surface area contributed by atoms with Crippen molar-refractivity contribution in [1.29, 1.82) is 0 Å². The second-order valence-corrected chi connectivity index (χ2v) is 6.83. The minimum absolute atomic E-state index is 0.0413. The van der Waals surface area contributed by atoms with E-state index in [0.29, 0.717) is 0 Å². The number of hydrogen-bond donors (Lipinski definition) is 1. The van der Waals surface area contributed by atoms with Crippen LogP contribution in [-0.2, 0) is 13.5 Å². The molecule has 1 aliphatic rings. The van der Waals surface area contributed by atoms with Gasteiger partial charge in [0.1, 0.15) is 5.82 Å². The first-order valence-corrected chi connectivity index (χ1v) is 8.75. The van der Waals surface area contributed by atoms with Gasteiger partial charge in [-0.25, -0.2) is 9.18 Å². The van der Waals surface area contributed by atoms with Crippen LogP contribution in [0.25, 0.3) is 0 Å². The number of likely N-dealkylation sites (tertiary alicyclic amines) is 1. The minimum atomic E-state index is -0.231. The number of hydrogen-bond acceptors (Lipinski definition) is 2. The number of rotatable bonds is 4. The molecule has 25 heavy (non-hydrogen) atoms. The van der Waals surface area contributed by atoms with E-state index in [1.165, 1.54) is 12.1 Å². The number of carbonyl (C=O) groups is 1. The molecule has 1 aromatic heterocycles. The summed E-state index contributed by atoms with van der Waals surface area (Å²) in [5.74, 6) is -0.231. The summed E-state index contributed by atoms with van der Waals surface area (Å²) < 4.78 is 14.8. The van der Waals surface area contributed by atoms with Gasteiger partial charge in [-0.3, -0.25) is 4.68 Å². The summed E-state index contributed by atoms with van der Waals surface area (Å²) in [7, 11) is 1.88. The Morgan fingerprint density at radius 3 is 2.76 bits per heavy atom. The van der Waals surface area contributed by atoms with E-state index in [1.807, 2.05) is 32.0 Å². The molecule has 0 bridgehead atoms. The molecule has 3 rings (SSSR count). The van der Waals surface area contributed by atoms with Gasteiger partial charge in [-0.2, -0.15) is 5.10 Å². The third-order valence-corrected chi connectivity index (χ3v) is 4.88. The fraction of sp³-hybridized carbons (Fsp3) is 0.474. The molecule has 6 heteroatoms. The molecule has 2 atom stereocenters. The first kappa shape index (κ1) is 17.5. The first-order chi connectivity index (χ1) is 11.9. The van der Waals surface area contributed by atoms with Crippen LogP contribution in [0.3, 0.4) is 0 Å². The highest BCUT2D eigenvalue weighted by Crippen LogP contribution is 2.23. The number of nitrogens with one attached hydrogen (secondary N) is 1. The molecule has 5 nitrogen and oxygen atoms in total. The van der Waals surface area contributed by atoms with Gasteiger partial charge in [0.2, 0.25) is 0 Å². The molecule has 1 fully saturated rings. The normalized spacial score (nSPS) is 18.4. The molecule has 2 amide bonds. The van der Waals surface area contributed by atoms with Gasteiger partial charge >= 0.3 is 6.03 Å². The van der Waals surface area contributed by atoms with Crippen LogP contribution in [0.2, 0.25) is 0 Å². The van der Waals surface area contributed by atoms with Gasteiger partial charge in [-0.15, -0.1) is 0 Å². The summed E-state index contributed by atoms with van der Waals surface area (Å²) in [5, 5.41) is 7.43. The molecule has 2 unspecified atom stereocenters. The molecule has 1 saturated heterocycles. The van der Waals surface area contributed by atoms with Crippen LogP contribution in [0.1, 0.15) is 42.6 Å². The number of urea groups is 1. The van der Waals surface area contributed by atoms with Crippen LogP contribution in [-0.4, -0.2) is 33.3 Å². The number of benzene rings is 1. The van der Waals surface area contributed by atoms with Gasteiger partial charge in [0.05, 0.1) is 11.7 Å². The van der Waals surface area contributed by atoms with E-state index >= 15 is 0 Å². The van der Waals surface area contributed by atoms with Gasteiger partial charge in [0.25, 0.3) is 0 Å². The third kappa shape index (κ3) is 4.00. The molecule has 134 valence electrons. The van der Waals surface area contributed by atoms with Crippen LogP contribution in [0.15, 0.2) is 30.5 Å². The molecule has 1 aliphatic heterocycles. The van der Waals surface area contributed by atoms with Crippen LogP contribution in [0.4, 0.5) is 9.18 Å². The first-order valence-electron chi connectivity index (χ1n) is 8.75. The van der Waals surface area contributed by atoms with Crippen molar-refractivity contribution in [2.75, 3.05) is 6.54 Å². The standard InChI is InChI=1S/C19H25FN4O/c1-13(18-12-23(3)22-14(18)2)21-19(25)24-10-4-5-17(24)11-15-6-8-16(20)9-7-15/h6-9,12-13,17H,4-5,10-11H2,1-3H3,(H,21,25). The highest BCUT2D eigenvalue weighted by atomic mass is 19.1. The highest BCUT2D eigenvalue weighted by Gasteiger charge is 2.30. The largest absolute Gasteiger partial charge is 0.331 e. The molecule has 2 heterocycles. The average molecular weight is 344 g/mol. The van der Waals surface area contributed by atoms with E-state index < -0.39 is 0 Å². The Kier molecular flexibility index (Phi) is 5.06. The van der Waals surface area contributed by atoms with E-state index in [1.54, 1.807) is 16.8 Å². The van der Waals surface area contributed by atoms with Crippen molar-refractivity contribution in [3.8, 4) is 0 Å². The van der Waals surface area contributed by atoms with Crippen molar-refractivity contribution in [1.82, 2.24) is 20.0 Å². The quantitative estimate of drug-likeness (QED) is 0.925. The summed E-state index contributed by atoms with van der Waals surface area (Å²) >= 11 is 0. The smallest absolute Gasteiger partial charge is 0.318 e. The van der Waals surface area contributed by atoms with E-state index in [2.05, 4.69) is 10.4 Å². The zero-order chi connectivity index (χ0) is 18.0. The topological polar surface area (TPSA) is 50.2 Å². The monoisotopic (exact) mass is 344 g/mol. The van der Waals surface area contributed by atoms with Crippen LogP contribution >= 0.6 is 0 Å². The van der Waals surface area contributed by atoms with Crippen molar-refractivity contribution in [2.45, 2.75) is 45.2 Å². The van der Waals surface area contributed by atoms with Crippen molar-refractivity contribution in [2.24, 2.45) is 7.05 Å². The fourth-order valence-corrected chi connectivity index (χ4v) is 3.60. The lowest BCUT2D eigenvalue weighted by Gasteiger charge is -2.27. The van der Waals surface area contributed by atoms with Crippen molar-refractivity contribution in [3.05, 3.63) is 53.1 Å². The van der Waals surface area contributed by atoms with Gasteiger partial charge in [-0.1, -0.05) is 12.1 Å². The molecular weight excluding hydrogens is 319 g/mol. The Hall–Kier alpha value is -2.37. The maximum atomic E-state index is 13.1. The maximum Gasteiger partial charge on any atom is 0.318 e. The molecular formula is C19H25FN4O. The predicted molar refractivity (Wildman–Crippen MR) is 94.7 cm³/mol. The average Bonchev–Trinajstić information content (AvgIpc) is 3.15. The van der Waals surface area contributed by atoms with Crippen molar-refractivity contribution in [3.63, 3.8) is 0 Å². The molecule has 0 spiro atoms. The van der Waals surface area contributed by atoms with Crippen LogP contribution in [0.5, 0.6) is 0 Å². The maximum absolute atomic E-state index is 13.1. The summed E-state index contributed by atoms with van der Waals surface area (Å²) in [6.45, 7) is 4.69. The lowest BCUT2D eigenvalue weighted by atomic mass is 10.0. The van der Waals surface area contributed by atoms with Gasteiger partial charge < -0.3 is 10.2 Å². The van der Waals surface area contributed by atoms with Gasteiger partial charge in [0, 0.05) is 31.4 Å². The summed E-state index contributed by atoms with van der Waals surface area (Å²) in [6.07, 6.45) is 4.68. The Morgan fingerprint density at radius 2 is 2.12 bits per heavy atom. The summed E-state index contributed by atoms with van der Waals surface area (Å²) in [5.41, 5.74) is 3.02. The number of halogens is 1. The van der Waals surface area contributed by atoms with Gasteiger partial charge in [-0.05, 0) is 50.8 Å². The second kappa shape index (κ2) is 7.25. The minimum Gasteiger partial charge on any atom is -0.331 e. The van der Waals surface area contributed by atoms with Crippen molar-refractivity contribution < 1.29 is 9.18 Å². The predicted octanol–water partition coefficient (Wildman–Crippen LogP) is 3.35. The lowest BCUT2D eigenvalue weighted by Crippen LogP contribution is -2.44. The fourth-order valence-electron chi connectivity index (χ4n) is 3.60. The Balaban J connectivity index is 1.64. The molecule has 0 saturated carbocycles. The number of nitrogens with zero attached hydrogens (tertiary/aromatic N) is 3. The Morgan fingerprint density at radius 1 is 1.40 bits per heavy atom. The van der Waals surface area contributed by atoms with Crippen LogP contribution in [0, 0.1) is 12.7 Å². The zero-order valence-corrected chi connectivity index (χ0v) is 15.0. The van der Waals surface area contributed by atoms with E-state index in [-0.39, 0.29) is 23.9 Å². The van der Waals surface area contributed by atoms with E-state index in [4.69, 9.17) is 0 Å². The SMILES string of the molecule is Cc1nn(C)cc1C(C)NC(=O)N1CCCC1Cc1ccc(F)cc1. The highest BCUT2D eigenvalue weighted by molar-refractivity contribution is 5.75. The number of carbonyl (C=O) groups excluding carboxylic acids is 1. The van der Waals surface area contributed by atoms with Gasteiger partial charge in [0.15, 0.2) is 0 Å². The van der Waals surface area contributed by atoms with Crippen LogP contribution < -0.4 is 5.32 Å². The molecule has 0 aliphatic carbocycles. The Bertz CT molecular complexity index is 740. The van der Waals surface area contributed by atoms with E-state index in [0.717, 1.165) is 42.6 Å². The van der Waals surface area contributed by atoms with E-state index in [9.17, 15) is 9.18 Å². The number of aryl methyl sites for hydroxylation is 2. The summed E-state index contributed by atoms with van der Waals surface area (Å²) in [6, 6.07) is 6.57. The summed E-state index contributed by atoms with van der Waals surface area (Å²) in [4.78, 5) is 14.6. The zero-order valence-electron chi connectivity index (χ0n) is 15.0. The number of amides is 2. The molecule has 0 radical (unpaired) electrons. The molecule has 2 aromatic rings. The molecule has 1 N–H and O–H groups in total. The van der Waals surface area contributed by atoms with Crippen molar-refractivity contribution >= 4 is 6.03 Å². The second-order valence-electron chi connectivity index (χ2n) is 6.83. The Labute approximate surface area is 147 Å².